The molecule has 0 spiro atoms. The first kappa shape index (κ1) is 17.8. The molecule has 1 aromatic heterocycles. The Morgan fingerprint density at radius 3 is 2.52 bits per heavy atom. The zero-order chi connectivity index (χ0) is 17.4. The van der Waals surface area contributed by atoms with Crippen LogP contribution in [0.15, 0.2) is 10.6 Å². The lowest BCUT2D eigenvalue weighted by atomic mass is 9.91. The van der Waals surface area contributed by atoms with Crippen molar-refractivity contribution in [2.75, 3.05) is 6.54 Å². The summed E-state index contributed by atoms with van der Waals surface area (Å²) in [5.41, 5.74) is -1.03. The molecule has 1 aliphatic heterocycles. The highest BCUT2D eigenvalue weighted by atomic mass is 16.6. The van der Waals surface area contributed by atoms with Crippen LogP contribution in [0, 0.1) is 0 Å². The van der Waals surface area contributed by atoms with Crippen LogP contribution in [-0.4, -0.2) is 39.4 Å². The molecule has 23 heavy (non-hydrogen) atoms. The third-order valence-electron chi connectivity index (χ3n) is 4.07. The third-order valence-corrected chi connectivity index (χ3v) is 4.07. The average Bonchev–Trinajstić information content (AvgIpc) is 2.86. The van der Waals surface area contributed by atoms with Gasteiger partial charge in [0.25, 0.3) is 0 Å². The normalized spacial score (nSPS) is 23.0. The minimum Gasteiger partial charge on any atom is -0.444 e. The molecular formula is C17H28N2O4. The van der Waals surface area contributed by atoms with Crippen molar-refractivity contribution in [1.82, 2.24) is 10.1 Å². The topological polar surface area (TPSA) is 75.8 Å². The van der Waals surface area contributed by atoms with Crippen LogP contribution in [0.4, 0.5) is 4.79 Å². The lowest BCUT2D eigenvalue weighted by molar-refractivity contribution is 0.00868. The van der Waals surface area contributed by atoms with E-state index in [1.165, 1.54) is 0 Å². The van der Waals surface area contributed by atoms with Crippen molar-refractivity contribution >= 4 is 6.09 Å². The fourth-order valence-corrected chi connectivity index (χ4v) is 2.68. The fraction of sp³-hybridized carbons (Fsp3) is 0.765. The Morgan fingerprint density at radius 1 is 1.35 bits per heavy atom. The number of likely N-dealkylation sites (tertiary alicyclic amines) is 1. The van der Waals surface area contributed by atoms with Gasteiger partial charge in [0.1, 0.15) is 22.7 Å². The third kappa shape index (κ3) is 4.47. The van der Waals surface area contributed by atoms with Crippen LogP contribution in [0.3, 0.4) is 0 Å². The van der Waals surface area contributed by atoms with Crippen LogP contribution >= 0.6 is 0 Å². The maximum absolute atomic E-state index is 12.4. The summed E-state index contributed by atoms with van der Waals surface area (Å²) in [5.74, 6) is 0.782. The van der Waals surface area contributed by atoms with Gasteiger partial charge < -0.3 is 19.3 Å². The van der Waals surface area contributed by atoms with Crippen LogP contribution in [0.1, 0.15) is 71.8 Å². The van der Waals surface area contributed by atoms with E-state index in [1.54, 1.807) is 24.8 Å². The Kier molecular flexibility index (Phi) is 4.76. The zero-order valence-corrected chi connectivity index (χ0v) is 14.9. The van der Waals surface area contributed by atoms with E-state index in [4.69, 9.17) is 9.26 Å². The molecule has 0 bridgehead atoms. The van der Waals surface area contributed by atoms with E-state index in [2.05, 4.69) is 5.16 Å². The van der Waals surface area contributed by atoms with Crippen molar-refractivity contribution < 1.29 is 19.2 Å². The van der Waals surface area contributed by atoms with Crippen molar-refractivity contribution in [3.05, 3.63) is 17.5 Å². The predicted octanol–water partition coefficient (Wildman–Crippen LogP) is 3.41. The number of piperidine rings is 1. The van der Waals surface area contributed by atoms with Gasteiger partial charge in [-0.25, -0.2) is 4.79 Å². The number of rotatable bonds is 2. The van der Waals surface area contributed by atoms with Crippen LogP contribution in [0.2, 0.25) is 0 Å². The number of carbonyl (C=O) groups is 1. The van der Waals surface area contributed by atoms with E-state index < -0.39 is 11.2 Å². The van der Waals surface area contributed by atoms with Crippen molar-refractivity contribution in [3.63, 3.8) is 0 Å². The predicted molar refractivity (Wildman–Crippen MR) is 86.1 cm³/mol. The minimum atomic E-state index is -1.03. The second kappa shape index (κ2) is 6.15. The molecule has 0 saturated carbocycles. The number of hydrogen-bond donors (Lipinski definition) is 1. The lowest BCUT2D eigenvalue weighted by Gasteiger charge is -2.37. The van der Waals surface area contributed by atoms with Gasteiger partial charge in [-0.15, -0.1) is 0 Å². The molecule has 0 radical (unpaired) electrons. The Labute approximate surface area is 137 Å². The van der Waals surface area contributed by atoms with Gasteiger partial charge in [0.05, 0.1) is 0 Å². The summed E-state index contributed by atoms with van der Waals surface area (Å²) in [6.07, 6.45) is 1.50. The lowest BCUT2D eigenvalue weighted by Crippen LogP contribution is -2.47. The maximum atomic E-state index is 12.4. The molecular weight excluding hydrogens is 296 g/mol. The summed E-state index contributed by atoms with van der Waals surface area (Å²) < 4.78 is 10.9. The van der Waals surface area contributed by atoms with Crippen molar-refractivity contribution in [3.8, 4) is 0 Å². The second-order valence-electron chi connectivity index (χ2n) is 7.93. The molecule has 1 N–H and O–H groups in total. The standard InChI is InChI=1S/C17H28N2O4/c1-11-7-8-12(10-19(11)15(20)22-16(2,3)4)13-9-14(18-23-13)17(5,6)21/h9,11-12,21H,7-8,10H2,1-6H3/t11-,12-/m1/s1. The van der Waals surface area contributed by atoms with Crippen LogP contribution in [0.5, 0.6) is 0 Å². The molecule has 1 fully saturated rings. The molecule has 6 nitrogen and oxygen atoms in total. The first-order valence-corrected chi connectivity index (χ1v) is 8.16. The first-order valence-electron chi connectivity index (χ1n) is 8.16. The van der Waals surface area contributed by atoms with Gasteiger partial charge in [-0.1, -0.05) is 5.16 Å². The molecule has 1 amide bonds. The van der Waals surface area contributed by atoms with Crippen LogP contribution in [0.25, 0.3) is 0 Å². The summed E-state index contributed by atoms with van der Waals surface area (Å²) in [6.45, 7) is 11.5. The van der Waals surface area contributed by atoms with Gasteiger partial charge in [0.15, 0.2) is 0 Å². The molecule has 0 unspecified atom stereocenters. The molecule has 1 saturated heterocycles. The summed E-state index contributed by atoms with van der Waals surface area (Å²) in [7, 11) is 0. The number of hydrogen-bond acceptors (Lipinski definition) is 5. The van der Waals surface area contributed by atoms with E-state index in [0.717, 1.165) is 12.8 Å². The Morgan fingerprint density at radius 2 is 2.00 bits per heavy atom. The van der Waals surface area contributed by atoms with Crippen LogP contribution < -0.4 is 0 Å². The number of carbonyl (C=O) groups excluding carboxylic acids is 1. The van der Waals surface area contributed by atoms with Gasteiger partial charge in [0.2, 0.25) is 0 Å². The first-order chi connectivity index (χ1) is 10.5. The Balaban J connectivity index is 2.11. The average molecular weight is 324 g/mol. The number of ether oxygens (including phenoxy) is 1. The van der Waals surface area contributed by atoms with E-state index in [-0.39, 0.29) is 18.1 Å². The largest absolute Gasteiger partial charge is 0.444 e. The highest BCUT2D eigenvalue weighted by molar-refractivity contribution is 5.68. The van der Waals surface area contributed by atoms with Gasteiger partial charge in [-0.3, -0.25) is 0 Å². The van der Waals surface area contributed by atoms with E-state index in [9.17, 15) is 9.90 Å². The monoisotopic (exact) mass is 324 g/mol. The van der Waals surface area contributed by atoms with E-state index in [0.29, 0.717) is 18.0 Å². The molecule has 130 valence electrons. The summed E-state index contributed by atoms with van der Waals surface area (Å²) >= 11 is 0. The van der Waals surface area contributed by atoms with E-state index in [1.807, 2.05) is 27.7 Å². The fourth-order valence-electron chi connectivity index (χ4n) is 2.68. The number of aromatic nitrogens is 1. The van der Waals surface area contributed by atoms with Gasteiger partial charge in [0, 0.05) is 24.6 Å². The van der Waals surface area contributed by atoms with Crippen molar-refractivity contribution in [2.45, 2.75) is 77.5 Å². The Hall–Kier alpha value is -1.56. The smallest absolute Gasteiger partial charge is 0.410 e. The number of nitrogens with zero attached hydrogens (tertiary/aromatic N) is 2. The molecule has 1 aliphatic rings. The molecule has 2 atom stereocenters. The molecule has 2 heterocycles. The molecule has 6 heteroatoms. The number of amides is 1. The maximum Gasteiger partial charge on any atom is 0.410 e. The highest BCUT2D eigenvalue weighted by Crippen LogP contribution is 2.32. The highest BCUT2D eigenvalue weighted by Gasteiger charge is 2.35. The second-order valence-corrected chi connectivity index (χ2v) is 7.93. The molecule has 2 rings (SSSR count). The van der Waals surface area contributed by atoms with Crippen molar-refractivity contribution in [2.24, 2.45) is 0 Å². The van der Waals surface area contributed by atoms with Crippen molar-refractivity contribution in [1.29, 1.82) is 0 Å². The van der Waals surface area contributed by atoms with Crippen LogP contribution in [-0.2, 0) is 10.3 Å². The number of aliphatic hydroxyl groups is 1. The van der Waals surface area contributed by atoms with E-state index >= 15 is 0 Å². The SMILES string of the molecule is C[C@@H]1CC[C@@H](c2cc(C(C)(C)O)no2)CN1C(=O)OC(C)(C)C. The Bertz CT molecular complexity index is 554. The quantitative estimate of drug-likeness (QED) is 0.902. The van der Waals surface area contributed by atoms with Gasteiger partial charge in [-0.05, 0) is 54.4 Å². The summed E-state index contributed by atoms with van der Waals surface area (Å²) in [6, 6.07) is 1.92. The molecule has 0 aliphatic carbocycles. The van der Waals surface area contributed by atoms with Gasteiger partial charge >= 0.3 is 6.09 Å². The van der Waals surface area contributed by atoms with Gasteiger partial charge in [-0.2, -0.15) is 0 Å². The minimum absolute atomic E-state index is 0.0716. The molecule has 1 aromatic rings. The summed E-state index contributed by atoms with van der Waals surface area (Å²) in [5, 5.41) is 14.0. The zero-order valence-electron chi connectivity index (χ0n) is 14.9. The summed E-state index contributed by atoms with van der Waals surface area (Å²) in [4.78, 5) is 14.1. The molecule has 0 aromatic carbocycles.